The number of aromatic nitrogens is 3. The van der Waals surface area contributed by atoms with E-state index in [0.29, 0.717) is 23.6 Å². The first-order valence-corrected chi connectivity index (χ1v) is 5.82. The second kappa shape index (κ2) is 5.47. The Bertz CT molecular complexity index is 600. The van der Waals surface area contributed by atoms with Crippen LogP contribution in [0, 0.1) is 0 Å². The lowest BCUT2D eigenvalue weighted by molar-refractivity contribution is -0.105. The van der Waals surface area contributed by atoms with Gasteiger partial charge >= 0.3 is 0 Å². The molecular weight excluding hydrogens is 246 g/mol. The van der Waals surface area contributed by atoms with Crippen molar-refractivity contribution >= 4 is 29.1 Å². The summed E-state index contributed by atoms with van der Waals surface area (Å²) < 4.78 is 5.14. The molecule has 0 unspecified atom stereocenters. The van der Waals surface area contributed by atoms with E-state index in [1.54, 1.807) is 19.4 Å². The lowest BCUT2D eigenvalue weighted by Crippen LogP contribution is -2.12. The minimum atomic E-state index is 0.195. The van der Waals surface area contributed by atoms with Crippen molar-refractivity contribution in [3.8, 4) is 5.88 Å². The van der Waals surface area contributed by atoms with E-state index in [9.17, 15) is 4.79 Å². The van der Waals surface area contributed by atoms with Crippen LogP contribution < -0.4 is 15.4 Å². The third-order valence-corrected chi connectivity index (χ3v) is 2.36. The van der Waals surface area contributed by atoms with E-state index in [4.69, 9.17) is 4.74 Å². The van der Waals surface area contributed by atoms with Crippen LogP contribution in [0.15, 0.2) is 12.3 Å². The molecule has 2 rings (SSSR count). The smallest absolute Gasteiger partial charge is 0.229 e. The van der Waals surface area contributed by atoms with E-state index in [2.05, 4.69) is 25.6 Å². The summed E-state index contributed by atoms with van der Waals surface area (Å²) in [5.41, 5.74) is 0.633. The van der Waals surface area contributed by atoms with Gasteiger partial charge in [-0.1, -0.05) is 0 Å². The first kappa shape index (κ1) is 13.0. The Kier molecular flexibility index (Phi) is 3.74. The molecule has 100 valence electrons. The van der Waals surface area contributed by atoms with Crippen molar-refractivity contribution in [3.05, 3.63) is 12.3 Å². The van der Waals surface area contributed by atoms with Gasteiger partial charge < -0.3 is 10.1 Å². The molecule has 0 aliphatic rings. The Labute approximate surface area is 110 Å². The molecule has 0 radical (unpaired) electrons. The Hall–Kier alpha value is -2.44. The fourth-order valence-electron chi connectivity index (χ4n) is 1.62. The molecule has 7 nitrogen and oxygen atoms in total. The zero-order valence-corrected chi connectivity index (χ0v) is 11.0. The minimum absolute atomic E-state index is 0.195. The Balaban J connectivity index is 2.58. The zero-order chi connectivity index (χ0) is 13.8. The van der Waals surface area contributed by atoms with E-state index in [1.165, 1.54) is 0 Å². The second-order valence-electron chi connectivity index (χ2n) is 4.21. The van der Waals surface area contributed by atoms with E-state index in [1.807, 2.05) is 13.8 Å². The van der Waals surface area contributed by atoms with Crippen LogP contribution in [0.25, 0.3) is 10.9 Å². The number of hydrogen-bond donors (Lipinski definition) is 2. The molecule has 2 heterocycles. The first-order valence-electron chi connectivity index (χ1n) is 5.82. The maximum absolute atomic E-state index is 10.4. The number of anilines is 2. The molecule has 0 bridgehead atoms. The molecule has 2 aromatic heterocycles. The van der Waals surface area contributed by atoms with Gasteiger partial charge in [-0.25, -0.2) is 9.97 Å². The number of methoxy groups -OCH3 is 1. The second-order valence-corrected chi connectivity index (χ2v) is 4.21. The predicted molar refractivity (Wildman–Crippen MR) is 72.3 cm³/mol. The third kappa shape index (κ3) is 2.87. The standard InChI is InChI=1S/C12H15N5O2/c1-7(2)15-11-10-8(4-9(16-11)19-3)5-13-12(17-10)14-6-18/h4-7H,1-3H3,(H,15,16)(H,13,14,17,18). The Morgan fingerprint density at radius 3 is 2.79 bits per heavy atom. The van der Waals surface area contributed by atoms with Crippen molar-refractivity contribution in [2.75, 3.05) is 17.7 Å². The summed E-state index contributed by atoms with van der Waals surface area (Å²) in [6.07, 6.45) is 2.15. The quantitative estimate of drug-likeness (QED) is 0.791. The number of hydrogen-bond acceptors (Lipinski definition) is 6. The van der Waals surface area contributed by atoms with Gasteiger partial charge in [-0.2, -0.15) is 4.98 Å². The molecule has 0 aliphatic heterocycles. The number of nitrogens with one attached hydrogen (secondary N) is 2. The van der Waals surface area contributed by atoms with Crippen LogP contribution in [0.4, 0.5) is 11.8 Å². The molecule has 0 fully saturated rings. The summed E-state index contributed by atoms with van der Waals surface area (Å²) in [5.74, 6) is 1.32. The van der Waals surface area contributed by atoms with E-state index < -0.39 is 0 Å². The molecule has 0 saturated heterocycles. The van der Waals surface area contributed by atoms with Crippen molar-refractivity contribution in [1.82, 2.24) is 15.0 Å². The lowest BCUT2D eigenvalue weighted by atomic mass is 10.2. The number of rotatable bonds is 5. The molecule has 7 heteroatoms. The predicted octanol–water partition coefficient (Wildman–Crippen LogP) is 1.42. The molecule has 1 amide bonds. The number of amides is 1. The molecule has 0 aromatic carbocycles. The number of pyridine rings is 1. The lowest BCUT2D eigenvalue weighted by Gasteiger charge is -2.12. The maximum atomic E-state index is 10.4. The third-order valence-electron chi connectivity index (χ3n) is 2.36. The van der Waals surface area contributed by atoms with Gasteiger partial charge in [-0.3, -0.25) is 10.1 Å². The summed E-state index contributed by atoms with van der Waals surface area (Å²) >= 11 is 0. The number of carbonyl (C=O) groups excluding carboxylic acids is 1. The zero-order valence-electron chi connectivity index (χ0n) is 11.0. The van der Waals surface area contributed by atoms with Crippen LogP contribution >= 0.6 is 0 Å². The molecule has 0 aliphatic carbocycles. The van der Waals surface area contributed by atoms with Gasteiger partial charge in [0, 0.05) is 23.7 Å². The summed E-state index contributed by atoms with van der Waals surface area (Å²) in [5, 5.41) is 6.40. The molecule has 0 atom stereocenters. The Morgan fingerprint density at radius 2 is 2.16 bits per heavy atom. The average Bonchev–Trinajstić information content (AvgIpc) is 2.38. The highest BCUT2D eigenvalue weighted by Gasteiger charge is 2.10. The van der Waals surface area contributed by atoms with Crippen molar-refractivity contribution in [1.29, 1.82) is 0 Å². The first-order chi connectivity index (χ1) is 9.13. The van der Waals surface area contributed by atoms with Crippen LogP contribution in [0.1, 0.15) is 13.8 Å². The highest BCUT2D eigenvalue weighted by molar-refractivity contribution is 5.90. The highest BCUT2D eigenvalue weighted by atomic mass is 16.5. The van der Waals surface area contributed by atoms with Gasteiger partial charge in [-0.15, -0.1) is 0 Å². The van der Waals surface area contributed by atoms with Crippen LogP contribution in [0.2, 0.25) is 0 Å². The van der Waals surface area contributed by atoms with Crippen LogP contribution in [0.3, 0.4) is 0 Å². The van der Waals surface area contributed by atoms with Gasteiger partial charge in [-0.05, 0) is 13.8 Å². The number of nitrogens with zero attached hydrogens (tertiary/aromatic N) is 3. The fraction of sp³-hybridized carbons (Fsp3) is 0.333. The van der Waals surface area contributed by atoms with Crippen molar-refractivity contribution in [2.24, 2.45) is 0 Å². The van der Waals surface area contributed by atoms with E-state index >= 15 is 0 Å². The van der Waals surface area contributed by atoms with Gasteiger partial charge in [0.1, 0.15) is 5.52 Å². The molecule has 2 N–H and O–H groups in total. The van der Waals surface area contributed by atoms with Crippen molar-refractivity contribution < 1.29 is 9.53 Å². The van der Waals surface area contributed by atoms with Gasteiger partial charge in [0.2, 0.25) is 18.2 Å². The highest BCUT2D eigenvalue weighted by Crippen LogP contribution is 2.25. The van der Waals surface area contributed by atoms with Gasteiger partial charge in [0.05, 0.1) is 7.11 Å². The molecule has 0 saturated carbocycles. The monoisotopic (exact) mass is 261 g/mol. The molecule has 19 heavy (non-hydrogen) atoms. The van der Waals surface area contributed by atoms with Crippen LogP contribution in [0.5, 0.6) is 5.88 Å². The largest absolute Gasteiger partial charge is 0.481 e. The van der Waals surface area contributed by atoms with Crippen molar-refractivity contribution in [2.45, 2.75) is 19.9 Å². The maximum Gasteiger partial charge on any atom is 0.229 e. The molecular formula is C12H15N5O2. The normalized spacial score (nSPS) is 10.5. The number of carbonyl (C=O) groups is 1. The summed E-state index contributed by atoms with van der Waals surface area (Å²) in [4.78, 5) is 23.0. The summed E-state index contributed by atoms with van der Waals surface area (Å²) in [6.45, 7) is 4.00. The minimum Gasteiger partial charge on any atom is -0.481 e. The number of ether oxygens (including phenoxy) is 1. The van der Waals surface area contributed by atoms with Gasteiger partial charge in [0.25, 0.3) is 0 Å². The van der Waals surface area contributed by atoms with Crippen LogP contribution in [-0.2, 0) is 4.79 Å². The SMILES string of the molecule is COc1cc2cnc(NC=O)nc2c(NC(C)C)n1. The van der Waals surface area contributed by atoms with Crippen molar-refractivity contribution in [3.63, 3.8) is 0 Å². The topological polar surface area (TPSA) is 89.0 Å². The average molecular weight is 261 g/mol. The summed E-state index contributed by atoms with van der Waals surface area (Å²) in [7, 11) is 1.55. The van der Waals surface area contributed by atoms with E-state index in [-0.39, 0.29) is 12.0 Å². The van der Waals surface area contributed by atoms with Crippen LogP contribution in [-0.4, -0.2) is 34.5 Å². The Morgan fingerprint density at radius 1 is 1.37 bits per heavy atom. The van der Waals surface area contributed by atoms with Gasteiger partial charge in [0.15, 0.2) is 5.82 Å². The molecule has 2 aromatic rings. The summed E-state index contributed by atoms with van der Waals surface area (Å²) in [6, 6.07) is 1.94. The fourth-order valence-corrected chi connectivity index (χ4v) is 1.62. The number of fused-ring (bicyclic) bond motifs is 1. The molecule has 0 spiro atoms. The van der Waals surface area contributed by atoms with E-state index in [0.717, 1.165) is 5.39 Å².